The zero-order chi connectivity index (χ0) is 22.3. The molecule has 0 radical (unpaired) electrons. The van der Waals surface area contributed by atoms with E-state index in [9.17, 15) is 4.79 Å². The first-order chi connectivity index (χ1) is 15.3. The third-order valence-corrected chi connectivity index (χ3v) is 6.80. The van der Waals surface area contributed by atoms with Crippen molar-refractivity contribution in [1.29, 1.82) is 0 Å². The van der Waals surface area contributed by atoms with E-state index in [-0.39, 0.29) is 18.2 Å². The van der Waals surface area contributed by atoms with Gasteiger partial charge in [-0.1, -0.05) is 6.08 Å². The minimum absolute atomic E-state index is 0.219. The largest absolute Gasteiger partial charge is 0.444 e. The number of rotatable bonds is 2. The predicted molar refractivity (Wildman–Crippen MR) is 119 cm³/mol. The molecule has 32 heavy (non-hydrogen) atoms. The van der Waals surface area contributed by atoms with Gasteiger partial charge in [-0.05, 0) is 45.6 Å². The highest BCUT2D eigenvalue weighted by Gasteiger charge is 2.40. The molecule has 2 bridgehead atoms. The van der Waals surface area contributed by atoms with Gasteiger partial charge in [0.25, 0.3) is 0 Å². The first kappa shape index (κ1) is 21.8. The Hall–Kier alpha value is -2.03. The van der Waals surface area contributed by atoms with Crippen LogP contribution in [0.3, 0.4) is 0 Å². The molecule has 8 nitrogen and oxygen atoms in total. The molecular weight excluding hydrogens is 408 g/mol. The Kier molecular flexibility index (Phi) is 5.72. The Morgan fingerprint density at radius 1 is 1.16 bits per heavy atom. The number of nitrogens with one attached hydrogen (secondary N) is 1. The third kappa shape index (κ3) is 4.67. The van der Waals surface area contributed by atoms with E-state index in [1.807, 2.05) is 38.1 Å². The SMILES string of the molecule is CC(C)(C)OC(=O)N1CC2CC(c3ncc(C4=CCC5(CC4)OCCO5)cn3)CC(C1)N2. The van der Waals surface area contributed by atoms with Crippen LogP contribution in [0.15, 0.2) is 18.5 Å². The van der Waals surface area contributed by atoms with Crippen LogP contribution < -0.4 is 5.32 Å². The van der Waals surface area contributed by atoms with Gasteiger partial charge in [-0.15, -0.1) is 0 Å². The second-order valence-corrected chi connectivity index (χ2v) is 10.5. The normalized spacial score (nSPS) is 29.7. The fraction of sp³-hybridized carbons (Fsp3) is 0.708. The Morgan fingerprint density at radius 3 is 2.38 bits per heavy atom. The highest BCUT2D eigenvalue weighted by Crippen LogP contribution is 2.38. The number of piperidine rings is 1. The fourth-order valence-corrected chi connectivity index (χ4v) is 5.34. The molecule has 2 unspecified atom stereocenters. The summed E-state index contributed by atoms with van der Waals surface area (Å²) in [4.78, 5) is 23.8. The molecule has 3 aliphatic heterocycles. The number of nitrogens with zero attached hydrogens (tertiary/aromatic N) is 3. The molecule has 3 fully saturated rings. The second kappa shape index (κ2) is 8.39. The summed E-state index contributed by atoms with van der Waals surface area (Å²) in [5.74, 6) is 0.820. The zero-order valence-corrected chi connectivity index (χ0v) is 19.3. The number of carbonyl (C=O) groups is 1. The summed E-state index contributed by atoms with van der Waals surface area (Å²) in [5.41, 5.74) is 1.89. The van der Waals surface area contributed by atoms with E-state index in [1.165, 1.54) is 5.57 Å². The van der Waals surface area contributed by atoms with E-state index in [1.54, 1.807) is 0 Å². The van der Waals surface area contributed by atoms with E-state index in [4.69, 9.17) is 24.2 Å². The highest BCUT2D eigenvalue weighted by atomic mass is 16.7. The minimum Gasteiger partial charge on any atom is -0.444 e. The van der Waals surface area contributed by atoms with Crippen LogP contribution in [0.1, 0.15) is 70.2 Å². The van der Waals surface area contributed by atoms with Gasteiger partial charge in [-0.3, -0.25) is 0 Å². The minimum atomic E-state index is -0.472. The first-order valence-corrected chi connectivity index (χ1v) is 11.8. The number of hydrogen-bond acceptors (Lipinski definition) is 7. The van der Waals surface area contributed by atoms with Crippen molar-refractivity contribution in [2.45, 2.75) is 82.3 Å². The van der Waals surface area contributed by atoms with Gasteiger partial charge in [0.15, 0.2) is 5.79 Å². The predicted octanol–water partition coefficient (Wildman–Crippen LogP) is 3.24. The van der Waals surface area contributed by atoms with Crippen molar-refractivity contribution in [1.82, 2.24) is 20.2 Å². The van der Waals surface area contributed by atoms with E-state index in [2.05, 4.69) is 11.4 Å². The van der Waals surface area contributed by atoms with E-state index < -0.39 is 11.4 Å². The van der Waals surface area contributed by atoms with Crippen LogP contribution in [-0.4, -0.2) is 70.7 Å². The average molecular weight is 443 g/mol. The summed E-state index contributed by atoms with van der Waals surface area (Å²) in [6.07, 6.45) is 10.4. The number of likely N-dealkylation sites (tertiary alicyclic amines) is 1. The molecular formula is C24H34N4O4. The van der Waals surface area contributed by atoms with Gasteiger partial charge < -0.3 is 24.4 Å². The summed E-state index contributed by atoms with van der Waals surface area (Å²) in [5, 5.41) is 3.65. The topological polar surface area (TPSA) is 85.8 Å². The molecule has 2 atom stereocenters. The van der Waals surface area contributed by atoms with Crippen molar-refractivity contribution in [3.8, 4) is 0 Å². The molecule has 0 saturated carbocycles. The quantitative estimate of drug-likeness (QED) is 0.752. The molecule has 1 amide bonds. The van der Waals surface area contributed by atoms with Crippen LogP contribution in [0.25, 0.3) is 5.57 Å². The van der Waals surface area contributed by atoms with Gasteiger partial charge in [0, 0.05) is 61.9 Å². The molecule has 1 aromatic heterocycles. The summed E-state index contributed by atoms with van der Waals surface area (Å²) in [6.45, 7) is 8.43. The number of fused-ring (bicyclic) bond motifs is 2. The molecule has 1 spiro atoms. The molecule has 174 valence electrons. The number of carbonyl (C=O) groups excluding carboxylic acids is 1. The van der Waals surface area contributed by atoms with E-state index >= 15 is 0 Å². The van der Waals surface area contributed by atoms with Crippen LogP contribution in [0.4, 0.5) is 4.79 Å². The Labute approximate surface area is 189 Å². The molecule has 5 rings (SSSR count). The van der Waals surface area contributed by atoms with Gasteiger partial charge in [0.05, 0.1) is 13.2 Å². The van der Waals surface area contributed by atoms with Gasteiger partial charge >= 0.3 is 6.09 Å². The lowest BCUT2D eigenvalue weighted by Gasteiger charge is -2.44. The number of piperazine rings is 1. The molecule has 1 aliphatic carbocycles. The van der Waals surface area contributed by atoms with Crippen molar-refractivity contribution in [3.63, 3.8) is 0 Å². The maximum atomic E-state index is 12.5. The maximum absolute atomic E-state index is 12.5. The summed E-state index contributed by atoms with van der Waals surface area (Å²) in [7, 11) is 0. The lowest BCUT2D eigenvalue weighted by Crippen LogP contribution is -2.61. The van der Waals surface area contributed by atoms with Crippen LogP contribution in [-0.2, 0) is 14.2 Å². The second-order valence-electron chi connectivity index (χ2n) is 10.5. The number of aromatic nitrogens is 2. The average Bonchev–Trinajstić information content (AvgIpc) is 3.20. The molecule has 4 heterocycles. The smallest absolute Gasteiger partial charge is 0.410 e. The van der Waals surface area contributed by atoms with Crippen molar-refractivity contribution < 1.29 is 19.0 Å². The standard InChI is InChI=1S/C24H34N4O4/c1-23(2,3)32-22(29)28-14-19-10-17(11-20(15-28)27-19)21-25-12-18(13-26-21)16-4-6-24(7-5-16)30-8-9-31-24/h4,12-13,17,19-20,27H,5-11,14-15H2,1-3H3. The van der Waals surface area contributed by atoms with Gasteiger partial charge in [0.2, 0.25) is 0 Å². The molecule has 0 aromatic carbocycles. The number of allylic oxidation sites excluding steroid dienone is 1. The number of hydrogen-bond donors (Lipinski definition) is 1. The summed E-state index contributed by atoms with van der Waals surface area (Å²) >= 11 is 0. The zero-order valence-electron chi connectivity index (χ0n) is 19.3. The van der Waals surface area contributed by atoms with Crippen molar-refractivity contribution in [2.24, 2.45) is 0 Å². The first-order valence-electron chi connectivity index (χ1n) is 11.8. The Morgan fingerprint density at radius 2 is 1.81 bits per heavy atom. The van der Waals surface area contributed by atoms with Gasteiger partial charge in [0.1, 0.15) is 11.4 Å². The molecule has 8 heteroatoms. The van der Waals surface area contributed by atoms with Crippen molar-refractivity contribution in [2.75, 3.05) is 26.3 Å². The van der Waals surface area contributed by atoms with Gasteiger partial charge in [-0.25, -0.2) is 14.8 Å². The lowest BCUT2D eigenvalue weighted by molar-refractivity contribution is -0.159. The van der Waals surface area contributed by atoms with Crippen LogP contribution in [0, 0.1) is 0 Å². The van der Waals surface area contributed by atoms with E-state index in [0.29, 0.717) is 32.2 Å². The van der Waals surface area contributed by atoms with Crippen LogP contribution >= 0.6 is 0 Å². The maximum Gasteiger partial charge on any atom is 0.410 e. The molecule has 1 aromatic rings. The lowest BCUT2D eigenvalue weighted by atomic mass is 9.84. The third-order valence-electron chi connectivity index (χ3n) is 6.80. The summed E-state index contributed by atoms with van der Waals surface area (Å²) in [6, 6.07) is 0.485. The van der Waals surface area contributed by atoms with Gasteiger partial charge in [-0.2, -0.15) is 0 Å². The van der Waals surface area contributed by atoms with E-state index in [0.717, 1.165) is 43.5 Å². The molecule has 3 saturated heterocycles. The molecule has 1 N–H and O–H groups in total. The Bertz CT molecular complexity index is 859. The van der Waals surface area contributed by atoms with Crippen molar-refractivity contribution >= 4 is 11.7 Å². The highest BCUT2D eigenvalue weighted by molar-refractivity contribution is 5.68. The monoisotopic (exact) mass is 442 g/mol. The Balaban J connectivity index is 1.20. The summed E-state index contributed by atoms with van der Waals surface area (Å²) < 4.78 is 17.2. The van der Waals surface area contributed by atoms with Crippen molar-refractivity contribution in [3.05, 3.63) is 29.9 Å². The van der Waals surface area contributed by atoms with Crippen LogP contribution in [0.2, 0.25) is 0 Å². The fourth-order valence-electron chi connectivity index (χ4n) is 5.34. The van der Waals surface area contributed by atoms with Crippen LogP contribution in [0.5, 0.6) is 0 Å². The molecule has 4 aliphatic rings. The number of amides is 1. The number of ether oxygens (including phenoxy) is 3.